The molecule has 0 aromatic carbocycles. The minimum absolute atomic E-state index is 0.0502. The van der Waals surface area contributed by atoms with E-state index in [4.69, 9.17) is 0 Å². The first-order valence-corrected chi connectivity index (χ1v) is 9.80. The topological polar surface area (TPSA) is 108 Å². The van der Waals surface area contributed by atoms with Crippen molar-refractivity contribution in [3.63, 3.8) is 0 Å². The summed E-state index contributed by atoms with van der Waals surface area (Å²) < 4.78 is 63.7. The molecule has 3 heterocycles. The average molecular weight is 422 g/mol. The van der Waals surface area contributed by atoms with Gasteiger partial charge in [-0.25, -0.2) is 13.2 Å². The number of hydrogen-bond donors (Lipinski definition) is 1. The molecule has 0 aliphatic carbocycles. The summed E-state index contributed by atoms with van der Waals surface area (Å²) in [5.74, 6) is 0. The molecule has 14 heteroatoms. The van der Waals surface area contributed by atoms with Gasteiger partial charge < -0.3 is 4.90 Å². The van der Waals surface area contributed by atoms with E-state index in [9.17, 15) is 26.4 Å². The van der Waals surface area contributed by atoms with Crippen LogP contribution in [0.5, 0.6) is 0 Å². The number of amides is 2. The minimum atomic E-state index is -4.63. The van der Waals surface area contributed by atoms with Gasteiger partial charge in [0.05, 0.1) is 0 Å². The third-order valence-electron chi connectivity index (χ3n) is 3.68. The highest BCUT2D eigenvalue weighted by Crippen LogP contribution is 2.33. The largest absolute Gasteiger partial charge is 0.445 e. The number of piperazine rings is 1. The van der Waals surface area contributed by atoms with Crippen LogP contribution in [0.4, 0.5) is 23.1 Å². The molecule has 2 aromatic rings. The second-order valence-electron chi connectivity index (χ2n) is 5.42. The normalized spacial score (nSPS) is 16.3. The van der Waals surface area contributed by atoms with Crippen LogP contribution in [0.25, 0.3) is 0 Å². The fraction of sp³-hybridized carbons (Fsp3) is 0.385. The number of aromatic nitrogens is 3. The van der Waals surface area contributed by atoms with E-state index in [2.05, 4.69) is 20.5 Å². The van der Waals surface area contributed by atoms with Crippen molar-refractivity contribution in [2.45, 2.75) is 11.1 Å². The summed E-state index contributed by atoms with van der Waals surface area (Å²) in [5.41, 5.74) is 0. The number of nitrogens with zero attached hydrogens (tertiary/aromatic N) is 5. The lowest BCUT2D eigenvalue weighted by molar-refractivity contribution is -0.138. The Bertz CT molecular complexity index is 911. The van der Waals surface area contributed by atoms with Crippen molar-refractivity contribution in [3.8, 4) is 0 Å². The predicted octanol–water partition coefficient (Wildman–Crippen LogP) is 1.49. The number of rotatable bonds is 3. The van der Waals surface area contributed by atoms with Crippen molar-refractivity contribution in [2.24, 2.45) is 0 Å². The van der Waals surface area contributed by atoms with Crippen LogP contribution >= 0.6 is 11.3 Å². The molecule has 0 spiro atoms. The number of nitrogens with one attached hydrogen (secondary N) is 1. The van der Waals surface area contributed by atoms with Crippen LogP contribution in [-0.4, -0.2) is 65.0 Å². The summed E-state index contributed by atoms with van der Waals surface area (Å²) in [6.45, 7) is 0.260. The Balaban J connectivity index is 1.59. The maximum atomic E-state index is 12.5. The van der Waals surface area contributed by atoms with Gasteiger partial charge in [-0.2, -0.15) is 17.5 Å². The van der Waals surface area contributed by atoms with E-state index in [1.54, 1.807) is 0 Å². The lowest BCUT2D eigenvalue weighted by atomic mass is 10.4. The first-order valence-electron chi connectivity index (χ1n) is 7.55. The quantitative estimate of drug-likeness (QED) is 0.803. The molecule has 3 rings (SSSR count). The predicted molar refractivity (Wildman–Crippen MR) is 88.5 cm³/mol. The molecular weight excluding hydrogens is 409 g/mol. The smallest absolute Gasteiger partial charge is 0.322 e. The monoisotopic (exact) mass is 422 g/mol. The van der Waals surface area contributed by atoms with E-state index in [0.29, 0.717) is 0 Å². The SMILES string of the molecule is O=C(Nc1nnc(C(F)(F)F)s1)N1CCN(S(=O)(=O)c2cccnc2)CC1. The van der Waals surface area contributed by atoms with Gasteiger partial charge in [-0.3, -0.25) is 10.3 Å². The Morgan fingerprint density at radius 1 is 1.19 bits per heavy atom. The lowest BCUT2D eigenvalue weighted by Gasteiger charge is -2.33. The summed E-state index contributed by atoms with van der Waals surface area (Å²) in [6.07, 6.45) is -1.94. The zero-order chi connectivity index (χ0) is 19.7. The molecule has 0 unspecified atom stereocenters. The summed E-state index contributed by atoms with van der Waals surface area (Å²) in [6, 6.07) is 2.27. The van der Waals surface area contributed by atoms with Crippen molar-refractivity contribution < 1.29 is 26.4 Å². The Kier molecular flexibility index (Phi) is 5.30. The van der Waals surface area contributed by atoms with E-state index >= 15 is 0 Å². The maximum absolute atomic E-state index is 12.5. The van der Waals surface area contributed by atoms with Crippen LogP contribution in [0, 0.1) is 0 Å². The van der Waals surface area contributed by atoms with E-state index in [1.807, 2.05) is 0 Å². The van der Waals surface area contributed by atoms with Crippen LogP contribution < -0.4 is 5.32 Å². The Morgan fingerprint density at radius 3 is 2.44 bits per heavy atom. The molecule has 27 heavy (non-hydrogen) atoms. The summed E-state index contributed by atoms with van der Waals surface area (Å²) in [7, 11) is -3.72. The van der Waals surface area contributed by atoms with Gasteiger partial charge >= 0.3 is 12.2 Å². The standard InChI is InChI=1S/C13H13F3N6O3S2/c14-13(15,16)10-19-20-11(26-10)18-12(23)21-4-6-22(7-5-21)27(24,25)9-2-1-3-17-8-9/h1-3,8H,4-7H2,(H,18,20,23). The van der Waals surface area contributed by atoms with Gasteiger partial charge in [-0.05, 0) is 12.1 Å². The summed E-state index contributed by atoms with van der Waals surface area (Å²) in [4.78, 5) is 17.3. The van der Waals surface area contributed by atoms with Crippen molar-refractivity contribution in [2.75, 3.05) is 31.5 Å². The highest BCUT2D eigenvalue weighted by Gasteiger charge is 2.36. The van der Waals surface area contributed by atoms with Crippen molar-refractivity contribution in [1.82, 2.24) is 24.4 Å². The molecule has 2 aromatic heterocycles. The number of carbonyl (C=O) groups is 1. The third-order valence-corrected chi connectivity index (χ3v) is 6.45. The fourth-order valence-electron chi connectivity index (χ4n) is 2.34. The van der Waals surface area contributed by atoms with Crippen LogP contribution in [0.1, 0.15) is 5.01 Å². The second-order valence-corrected chi connectivity index (χ2v) is 8.34. The zero-order valence-electron chi connectivity index (χ0n) is 13.5. The molecule has 1 fully saturated rings. The minimum Gasteiger partial charge on any atom is -0.322 e. The fourth-order valence-corrected chi connectivity index (χ4v) is 4.33. The van der Waals surface area contributed by atoms with E-state index in [-0.39, 0.29) is 47.5 Å². The van der Waals surface area contributed by atoms with E-state index in [0.717, 1.165) is 0 Å². The number of hydrogen-bond acceptors (Lipinski definition) is 7. The Hall–Kier alpha value is -2.32. The maximum Gasteiger partial charge on any atom is 0.445 e. The molecule has 1 aliphatic heterocycles. The first-order chi connectivity index (χ1) is 12.7. The number of urea groups is 1. The van der Waals surface area contributed by atoms with Crippen LogP contribution in [0.15, 0.2) is 29.4 Å². The average Bonchev–Trinajstić information content (AvgIpc) is 3.11. The highest BCUT2D eigenvalue weighted by atomic mass is 32.2. The molecule has 1 saturated heterocycles. The van der Waals surface area contributed by atoms with Gasteiger partial charge in [0.15, 0.2) is 0 Å². The van der Waals surface area contributed by atoms with Gasteiger partial charge in [-0.1, -0.05) is 11.3 Å². The van der Waals surface area contributed by atoms with Gasteiger partial charge in [0.2, 0.25) is 20.2 Å². The molecule has 0 saturated carbocycles. The molecule has 0 radical (unpaired) electrons. The van der Waals surface area contributed by atoms with E-state index < -0.39 is 27.2 Å². The van der Waals surface area contributed by atoms with Gasteiger partial charge in [0.25, 0.3) is 0 Å². The summed E-state index contributed by atoms with van der Waals surface area (Å²) >= 11 is 0.215. The van der Waals surface area contributed by atoms with E-state index in [1.165, 1.54) is 33.7 Å². The molecule has 146 valence electrons. The molecular formula is C13H13F3N6O3S2. The molecule has 9 nitrogen and oxygen atoms in total. The molecule has 1 N–H and O–H groups in total. The van der Waals surface area contributed by atoms with Crippen LogP contribution in [-0.2, 0) is 16.2 Å². The number of alkyl halides is 3. The number of carbonyl (C=O) groups excluding carboxylic acids is 1. The van der Waals surface area contributed by atoms with Gasteiger partial charge in [0.1, 0.15) is 4.90 Å². The summed E-state index contributed by atoms with van der Waals surface area (Å²) in [5, 5.41) is 7.07. The second kappa shape index (κ2) is 7.36. The van der Waals surface area contributed by atoms with Crippen molar-refractivity contribution >= 4 is 32.5 Å². The lowest BCUT2D eigenvalue weighted by Crippen LogP contribution is -2.51. The third kappa shape index (κ3) is 4.33. The Morgan fingerprint density at radius 2 is 1.89 bits per heavy atom. The van der Waals surface area contributed by atoms with Crippen LogP contribution in [0.2, 0.25) is 0 Å². The number of anilines is 1. The number of halogens is 3. The highest BCUT2D eigenvalue weighted by molar-refractivity contribution is 7.89. The Labute approximate surface area is 155 Å². The van der Waals surface area contributed by atoms with Gasteiger partial charge in [-0.15, -0.1) is 10.2 Å². The van der Waals surface area contributed by atoms with Gasteiger partial charge in [0, 0.05) is 38.6 Å². The molecule has 1 aliphatic rings. The zero-order valence-corrected chi connectivity index (χ0v) is 15.2. The molecule has 0 atom stereocenters. The van der Waals surface area contributed by atoms with Crippen LogP contribution in [0.3, 0.4) is 0 Å². The number of sulfonamides is 1. The van der Waals surface area contributed by atoms with Crippen molar-refractivity contribution in [3.05, 3.63) is 29.5 Å². The first kappa shape index (κ1) is 19.4. The molecule has 2 amide bonds. The molecule has 0 bridgehead atoms. The number of pyridine rings is 1. The van der Waals surface area contributed by atoms with Crippen molar-refractivity contribution in [1.29, 1.82) is 0 Å².